The van der Waals surface area contributed by atoms with Gasteiger partial charge in [-0.25, -0.2) is 4.98 Å². The molecular weight excluding hydrogens is 406 g/mol. The largest absolute Gasteiger partial charge is 0.497 e. The number of piperidine rings is 1. The average molecular weight is 427 g/mol. The number of likely N-dealkylation sites (tertiary alicyclic amines) is 1. The van der Waals surface area contributed by atoms with Gasteiger partial charge in [0, 0.05) is 43.1 Å². The summed E-state index contributed by atoms with van der Waals surface area (Å²) < 4.78 is 12.3. The standard InChI is InChI=1S/C21H21N3O5S/c1-13-16(4-3-5-18(13)24(26)27)20(25)23-10-8-14(9-11-23)29-21-22-17-7-6-15(28-2)12-19(17)30-21/h3-7,12,14H,8-11H2,1-2H3. The zero-order valence-corrected chi connectivity index (χ0v) is 17.5. The van der Waals surface area contributed by atoms with Crippen LogP contribution in [0.1, 0.15) is 28.8 Å². The van der Waals surface area contributed by atoms with E-state index in [0.29, 0.717) is 42.3 Å². The van der Waals surface area contributed by atoms with Crippen LogP contribution >= 0.6 is 11.3 Å². The van der Waals surface area contributed by atoms with Crippen molar-refractivity contribution in [3.8, 4) is 10.9 Å². The van der Waals surface area contributed by atoms with Crippen molar-refractivity contribution in [2.24, 2.45) is 0 Å². The summed E-state index contributed by atoms with van der Waals surface area (Å²) in [6.45, 7) is 2.68. The van der Waals surface area contributed by atoms with Gasteiger partial charge in [0.15, 0.2) is 0 Å². The molecule has 9 heteroatoms. The first-order chi connectivity index (χ1) is 14.5. The Labute approximate surface area is 177 Å². The molecule has 2 heterocycles. The topological polar surface area (TPSA) is 94.8 Å². The number of amides is 1. The first-order valence-electron chi connectivity index (χ1n) is 9.61. The highest BCUT2D eigenvalue weighted by Crippen LogP contribution is 2.32. The molecule has 0 atom stereocenters. The third kappa shape index (κ3) is 3.93. The molecule has 1 aliphatic rings. The van der Waals surface area contributed by atoms with Crippen LogP contribution in [0.2, 0.25) is 0 Å². The minimum atomic E-state index is -0.459. The van der Waals surface area contributed by atoms with Crippen LogP contribution in [0.25, 0.3) is 10.2 Å². The van der Waals surface area contributed by atoms with Crippen molar-refractivity contribution < 1.29 is 19.2 Å². The van der Waals surface area contributed by atoms with Crippen molar-refractivity contribution >= 4 is 33.1 Å². The summed E-state index contributed by atoms with van der Waals surface area (Å²) in [5.41, 5.74) is 1.61. The Hall–Kier alpha value is -3.20. The van der Waals surface area contributed by atoms with E-state index in [9.17, 15) is 14.9 Å². The summed E-state index contributed by atoms with van der Waals surface area (Å²) in [6.07, 6.45) is 1.33. The summed E-state index contributed by atoms with van der Waals surface area (Å²) in [6, 6.07) is 10.3. The van der Waals surface area contributed by atoms with Crippen molar-refractivity contribution in [3.05, 3.63) is 57.6 Å². The third-order valence-electron chi connectivity index (χ3n) is 5.30. The Morgan fingerprint density at radius 1 is 1.27 bits per heavy atom. The molecule has 0 N–H and O–H groups in total. The first kappa shape index (κ1) is 20.1. The molecule has 4 rings (SSSR count). The van der Waals surface area contributed by atoms with E-state index in [1.165, 1.54) is 17.4 Å². The van der Waals surface area contributed by atoms with Crippen LogP contribution in [-0.2, 0) is 0 Å². The molecule has 0 saturated carbocycles. The predicted molar refractivity (Wildman–Crippen MR) is 114 cm³/mol. The molecule has 156 valence electrons. The number of methoxy groups -OCH3 is 1. The van der Waals surface area contributed by atoms with Crippen LogP contribution in [-0.4, -0.2) is 47.0 Å². The van der Waals surface area contributed by atoms with Gasteiger partial charge in [-0.2, -0.15) is 0 Å². The van der Waals surface area contributed by atoms with E-state index in [4.69, 9.17) is 9.47 Å². The molecule has 1 fully saturated rings. The van der Waals surface area contributed by atoms with E-state index < -0.39 is 4.92 Å². The van der Waals surface area contributed by atoms with Crippen LogP contribution in [0, 0.1) is 17.0 Å². The second kappa shape index (κ2) is 8.27. The molecule has 8 nitrogen and oxygen atoms in total. The lowest BCUT2D eigenvalue weighted by Crippen LogP contribution is -2.42. The number of aromatic nitrogens is 1. The highest BCUT2D eigenvalue weighted by Gasteiger charge is 2.27. The molecule has 1 aliphatic heterocycles. The molecule has 0 bridgehead atoms. The maximum atomic E-state index is 12.9. The monoisotopic (exact) mass is 427 g/mol. The van der Waals surface area contributed by atoms with Crippen molar-refractivity contribution in [2.75, 3.05) is 20.2 Å². The second-order valence-electron chi connectivity index (χ2n) is 7.13. The fraction of sp³-hybridized carbons (Fsp3) is 0.333. The zero-order valence-electron chi connectivity index (χ0n) is 16.7. The number of carbonyl (C=O) groups excluding carboxylic acids is 1. The highest BCUT2D eigenvalue weighted by atomic mass is 32.1. The predicted octanol–water partition coefficient (Wildman–Crippen LogP) is 4.21. The number of carbonyl (C=O) groups is 1. The normalized spacial score (nSPS) is 14.7. The van der Waals surface area contributed by atoms with Crippen LogP contribution < -0.4 is 9.47 Å². The van der Waals surface area contributed by atoms with Gasteiger partial charge < -0.3 is 14.4 Å². The molecule has 0 radical (unpaired) electrons. The molecule has 0 spiro atoms. The van der Waals surface area contributed by atoms with Crippen molar-refractivity contribution in [1.82, 2.24) is 9.88 Å². The lowest BCUT2D eigenvalue weighted by Gasteiger charge is -2.31. The Kier molecular flexibility index (Phi) is 5.54. The van der Waals surface area contributed by atoms with E-state index in [0.717, 1.165) is 16.0 Å². The lowest BCUT2D eigenvalue weighted by molar-refractivity contribution is -0.385. The number of thiazole rings is 1. The zero-order chi connectivity index (χ0) is 21.3. The van der Waals surface area contributed by atoms with Crippen LogP contribution in [0.4, 0.5) is 5.69 Å². The summed E-state index contributed by atoms with van der Waals surface area (Å²) in [5.74, 6) is 0.600. The fourth-order valence-corrected chi connectivity index (χ4v) is 4.51. The minimum absolute atomic E-state index is 0.0253. The fourth-order valence-electron chi connectivity index (χ4n) is 3.60. The minimum Gasteiger partial charge on any atom is -0.497 e. The molecule has 30 heavy (non-hydrogen) atoms. The van der Waals surface area contributed by atoms with Gasteiger partial charge >= 0.3 is 0 Å². The molecule has 0 unspecified atom stereocenters. The van der Waals surface area contributed by atoms with Crippen LogP contribution in [0.5, 0.6) is 10.9 Å². The molecule has 1 amide bonds. The number of ether oxygens (including phenoxy) is 2. The van der Waals surface area contributed by atoms with Crippen molar-refractivity contribution in [3.63, 3.8) is 0 Å². The van der Waals surface area contributed by atoms with Gasteiger partial charge in [0.2, 0.25) is 0 Å². The molecule has 3 aromatic rings. The molecule has 0 aliphatic carbocycles. The number of nitro groups is 1. The van der Waals surface area contributed by atoms with Gasteiger partial charge in [-0.15, -0.1) is 0 Å². The number of nitrogens with zero attached hydrogens (tertiary/aromatic N) is 3. The average Bonchev–Trinajstić information content (AvgIpc) is 3.15. The lowest BCUT2D eigenvalue weighted by atomic mass is 10.0. The second-order valence-corrected chi connectivity index (χ2v) is 8.12. The number of nitro benzene ring substituents is 1. The number of hydrogen-bond donors (Lipinski definition) is 0. The van der Waals surface area contributed by atoms with E-state index >= 15 is 0 Å². The summed E-state index contributed by atoms with van der Waals surface area (Å²) in [5, 5.41) is 11.8. The van der Waals surface area contributed by atoms with Crippen LogP contribution in [0.15, 0.2) is 36.4 Å². The van der Waals surface area contributed by atoms with Crippen LogP contribution in [0.3, 0.4) is 0 Å². The smallest absolute Gasteiger partial charge is 0.274 e. The maximum absolute atomic E-state index is 12.9. The Morgan fingerprint density at radius 2 is 2.03 bits per heavy atom. The van der Waals surface area contributed by atoms with Gasteiger partial charge in [-0.1, -0.05) is 17.4 Å². The summed E-state index contributed by atoms with van der Waals surface area (Å²) >= 11 is 1.47. The number of fused-ring (bicyclic) bond motifs is 1. The summed E-state index contributed by atoms with van der Waals surface area (Å²) in [4.78, 5) is 29.8. The van der Waals surface area contributed by atoms with E-state index in [-0.39, 0.29) is 17.7 Å². The Balaban J connectivity index is 1.40. The molecule has 1 saturated heterocycles. The van der Waals surface area contributed by atoms with E-state index in [2.05, 4.69) is 4.98 Å². The van der Waals surface area contributed by atoms with Gasteiger partial charge in [-0.05, 0) is 31.2 Å². The van der Waals surface area contributed by atoms with Crippen molar-refractivity contribution in [1.29, 1.82) is 0 Å². The Bertz CT molecular complexity index is 1110. The first-order valence-corrected chi connectivity index (χ1v) is 10.4. The molecule has 2 aromatic carbocycles. The van der Waals surface area contributed by atoms with Gasteiger partial charge in [-0.3, -0.25) is 14.9 Å². The Morgan fingerprint density at radius 3 is 2.73 bits per heavy atom. The SMILES string of the molecule is COc1ccc2nc(OC3CCN(C(=O)c4cccc([N+](=O)[O-])c4C)CC3)sc2c1. The van der Waals surface area contributed by atoms with Gasteiger partial charge in [0.05, 0.1) is 22.2 Å². The van der Waals surface area contributed by atoms with E-state index in [1.807, 2.05) is 18.2 Å². The number of rotatable bonds is 5. The highest BCUT2D eigenvalue weighted by molar-refractivity contribution is 7.20. The maximum Gasteiger partial charge on any atom is 0.274 e. The van der Waals surface area contributed by atoms with E-state index in [1.54, 1.807) is 31.1 Å². The molecule has 1 aromatic heterocycles. The summed E-state index contributed by atoms with van der Waals surface area (Å²) in [7, 11) is 1.63. The van der Waals surface area contributed by atoms with Gasteiger partial charge in [0.25, 0.3) is 16.8 Å². The molecular formula is C21H21N3O5S. The number of benzene rings is 2. The number of hydrogen-bond acceptors (Lipinski definition) is 7. The third-order valence-corrected chi connectivity index (χ3v) is 6.21. The van der Waals surface area contributed by atoms with Crippen molar-refractivity contribution in [2.45, 2.75) is 25.9 Å². The van der Waals surface area contributed by atoms with Gasteiger partial charge in [0.1, 0.15) is 11.9 Å². The quantitative estimate of drug-likeness (QED) is 0.447.